The number of hydrogen-bond acceptors (Lipinski definition) is 2. The first-order chi connectivity index (χ1) is 12.6. The number of hydrogen-bond donors (Lipinski definition) is 3. The summed E-state index contributed by atoms with van der Waals surface area (Å²) in [7, 11) is 0. The summed E-state index contributed by atoms with van der Waals surface area (Å²) in [5.74, 6) is -0.387. The minimum Gasteiger partial charge on any atom is -0.369 e. The maximum atomic E-state index is 12.7. The molecule has 136 valence electrons. The molecule has 4 N–H and O–H groups in total. The Balaban J connectivity index is 1.69. The van der Waals surface area contributed by atoms with E-state index in [1.165, 1.54) is 0 Å². The smallest absolute Gasteiger partial charge is 0.275 e. The van der Waals surface area contributed by atoms with E-state index in [1.807, 2.05) is 60.7 Å². The van der Waals surface area contributed by atoms with Crippen molar-refractivity contribution >= 4 is 11.8 Å². The first kappa shape index (κ1) is 18.1. The lowest BCUT2D eigenvalue weighted by molar-refractivity contribution is -0.899. The minimum absolute atomic E-state index is 0.0113. The van der Waals surface area contributed by atoms with Crippen LogP contribution in [0.15, 0.2) is 60.7 Å². The molecule has 0 saturated carbocycles. The molecule has 2 atom stereocenters. The number of nitrogens with one attached hydrogen (secondary N) is 2. The number of carbonyl (C=O) groups is 2. The molecular formula is C21H26N3O2+. The average Bonchev–Trinajstić information content (AvgIpc) is 2.67. The van der Waals surface area contributed by atoms with Crippen LogP contribution in [0.3, 0.4) is 0 Å². The number of benzene rings is 2. The largest absolute Gasteiger partial charge is 0.369 e. The predicted octanol–water partition coefficient (Wildman–Crippen LogP) is 0.672. The zero-order valence-electron chi connectivity index (χ0n) is 14.9. The monoisotopic (exact) mass is 352 g/mol. The molecule has 26 heavy (non-hydrogen) atoms. The van der Waals surface area contributed by atoms with Crippen molar-refractivity contribution in [2.45, 2.75) is 18.9 Å². The van der Waals surface area contributed by atoms with Crippen molar-refractivity contribution in [3.63, 3.8) is 0 Å². The second-order valence-corrected chi connectivity index (χ2v) is 6.94. The van der Waals surface area contributed by atoms with Crippen LogP contribution in [0.1, 0.15) is 30.0 Å². The van der Waals surface area contributed by atoms with Crippen LogP contribution >= 0.6 is 0 Å². The molecule has 3 rings (SSSR count). The van der Waals surface area contributed by atoms with E-state index >= 15 is 0 Å². The SMILES string of the molecule is NC(=O)[C@@H]1CCC[NH+](CC(=O)NC(c2ccccc2)c2ccccc2)C1. The van der Waals surface area contributed by atoms with Crippen LogP contribution in [-0.4, -0.2) is 31.4 Å². The number of quaternary nitrogens is 1. The quantitative estimate of drug-likeness (QED) is 0.715. The van der Waals surface area contributed by atoms with Crippen LogP contribution in [0, 0.1) is 5.92 Å². The lowest BCUT2D eigenvalue weighted by atomic mass is 9.97. The topological polar surface area (TPSA) is 76.6 Å². The second kappa shape index (κ2) is 8.63. The van der Waals surface area contributed by atoms with Crippen LogP contribution < -0.4 is 16.0 Å². The van der Waals surface area contributed by atoms with Crippen LogP contribution in [0.25, 0.3) is 0 Å². The van der Waals surface area contributed by atoms with Crippen molar-refractivity contribution in [3.05, 3.63) is 71.8 Å². The molecule has 0 radical (unpaired) electrons. The first-order valence-corrected chi connectivity index (χ1v) is 9.15. The van der Waals surface area contributed by atoms with Gasteiger partial charge >= 0.3 is 0 Å². The zero-order valence-corrected chi connectivity index (χ0v) is 14.9. The molecule has 1 aliphatic heterocycles. The highest BCUT2D eigenvalue weighted by molar-refractivity contribution is 5.78. The fourth-order valence-corrected chi connectivity index (χ4v) is 3.64. The van der Waals surface area contributed by atoms with Gasteiger partial charge in [-0.15, -0.1) is 0 Å². The second-order valence-electron chi connectivity index (χ2n) is 6.94. The number of likely N-dealkylation sites (tertiary alicyclic amines) is 1. The Kier molecular flexibility index (Phi) is 6.02. The standard InChI is InChI=1S/C21H25N3O2/c22-21(26)18-12-7-13-24(14-18)15-19(25)23-20(16-8-3-1-4-9-16)17-10-5-2-6-11-17/h1-6,8-11,18,20H,7,12-15H2,(H2,22,26)(H,23,25)/p+1/t18-/m1/s1. The number of carbonyl (C=O) groups excluding carboxylic acids is 2. The van der Waals surface area contributed by atoms with E-state index < -0.39 is 0 Å². The lowest BCUT2D eigenvalue weighted by Crippen LogP contribution is -3.15. The van der Waals surface area contributed by atoms with E-state index in [9.17, 15) is 9.59 Å². The Bertz CT molecular complexity index is 694. The van der Waals surface area contributed by atoms with Gasteiger partial charge in [0.05, 0.1) is 25.0 Å². The summed E-state index contributed by atoms with van der Waals surface area (Å²) in [5, 5.41) is 3.17. The van der Waals surface area contributed by atoms with Gasteiger partial charge in [0.1, 0.15) is 0 Å². The Morgan fingerprint density at radius 2 is 1.62 bits per heavy atom. The van der Waals surface area contributed by atoms with Crippen molar-refractivity contribution in [3.8, 4) is 0 Å². The predicted molar refractivity (Wildman–Crippen MR) is 100 cm³/mol. The molecule has 0 aliphatic carbocycles. The zero-order chi connectivity index (χ0) is 18.4. The van der Waals surface area contributed by atoms with Crippen molar-refractivity contribution in [1.29, 1.82) is 0 Å². The Morgan fingerprint density at radius 3 is 2.15 bits per heavy atom. The molecule has 2 aromatic carbocycles. The van der Waals surface area contributed by atoms with Crippen molar-refractivity contribution in [2.75, 3.05) is 19.6 Å². The number of rotatable bonds is 6. The van der Waals surface area contributed by atoms with E-state index in [4.69, 9.17) is 5.73 Å². The fraction of sp³-hybridized carbons (Fsp3) is 0.333. The molecular weight excluding hydrogens is 326 g/mol. The highest BCUT2D eigenvalue weighted by Gasteiger charge is 2.29. The summed E-state index contributed by atoms with van der Waals surface area (Å²) in [6.45, 7) is 1.91. The van der Waals surface area contributed by atoms with Crippen molar-refractivity contribution in [2.24, 2.45) is 11.7 Å². The molecule has 1 saturated heterocycles. The Labute approximate surface area is 154 Å². The molecule has 1 aliphatic rings. The fourth-order valence-electron chi connectivity index (χ4n) is 3.64. The first-order valence-electron chi connectivity index (χ1n) is 9.15. The summed E-state index contributed by atoms with van der Waals surface area (Å²) in [6, 6.07) is 19.8. The maximum absolute atomic E-state index is 12.7. The molecule has 1 unspecified atom stereocenters. The van der Waals surface area contributed by atoms with Gasteiger partial charge in [-0.3, -0.25) is 9.59 Å². The third-order valence-electron chi connectivity index (χ3n) is 5.00. The van der Waals surface area contributed by atoms with E-state index in [0.717, 1.165) is 35.4 Å². The molecule has 0 bridgehead atoms. The summed E-state index contributed by atoms with van der Waals surface area (Å²) in [6.07, 6.45) is 1.76. The van der Waals surface area contributed by atoms with Crippen LogP contribution in [-0.2, 0) is 9.59 Å². The number of nitrogens with two attached hydrogens (primary N) is 1. The molecule has 2 aromatic rings. The van der Waals surface area contributed by atoms with Gasteiger partial charge in [0, 0.05) is 0 Å². The van der Waals surface area contributed by atoms with Gasteiger partial charge < -0.3 is 16.0 Å². The average molecular weight is 352 g/mol. The van der Waals surface area contributed by atoms with Crippen molar-refractivity contribution in [1.82, 2.24) is 5.32 Å². The Hall–Kier alpha value is -2.66. The van der Waals surface area contributed by atoms with Crippen LogP contribution in [0.5, 0.6) is 0 Å². The van der Waals surface area contributed by atoms with E-state index in [0.29, 0.717) is 13.1 Å². The molecule has 0 spiro atoms. The lowest BCUT2D eigenvalue weighted by Gasteiger charge is -2.28. The third-order valence-corrected chi connectivity index (χ3v) is 5.00. The van der Waals surface area contributed by atoms with Crippen LogP contribution in [0.2, 0.25) is 0 Å². The molecule has 1 fully saturated rings. The van der Waals surface area contributed by atoms with Gasteiger partial charge in [-0.1, -0.05) is 60.7 Å². The minimum atomic E-state index is -0.256. The van der Waals surface area contributed by atoms with Crippen molar-refractivity contribution < 1.29 is 14.5 Å². The molecule has 2 amide bonds. The van der Waals surface area contributed by atoms with Gasteiger partial charge in [-0.25, -0.2) is 0 Å². The highest BCUT2D eigenvalue weighted by atomic mass is 16.2. The van der Waals surface area contributed by atoms with E-state index in [2.05, 4.69) is 5.32 Å². The molecule has 5 heteroatoms. The van der Waals surface area contributed by atoms with E-state index in [1.54, 1.807) is 0 Å². The highest BCUT2D eigenvalue weighted by Crippen LogP contribution is 2.21. The summed E-state index contributed by atoms with van der Waals surface area (Å²) in [4.78, 5) is 25.3. The van der Waals surface area contributed by atoms with Gasteiger partial charge in [0.2, 0.25) is 5.91 Å². The van der Waals surface area contributed by atoms with E-state index in [-0.39, 0.29) is 23.8 Å². The van der Waals surface area contributed by atoms with Gasteiger partial charge in [0.15, 0.2) is 6.54 Å². The summed E-state index contributed by atoms with van der Waals surface area (Å²) >= 11 is 0. The third kappa shape index (κ3) is 4.70. The summed E-state index contributed by atoms with van der Waals surface area (Å²) < 4.78 is 0. The number of primary amides is 1. The normalized spacial score (nSPS) is 19.9. The molecule has 5 nitrogen and oxygen atoms in total. The Morgan fingerprint density at radius 1 is 1.04 bits per heavy atom. The van der Waals surface area contributed by atoms with Gasteiger partial charge in [0.25, 0.3) is 5.91 Å². The maximum Gasteiger partial charge on any atom is 0.275 e. The van der Waals surface area contributed by atoms with Crippen LogP contribution in [0.4, 0.5) is 0 Å². The molecule has 0 aromatic heterocycles. The summed E-state index contributed by atoms with van der Waals surface area (Å²) in [5.41, 5.74) is 7.54. The number of piperidine rings is 1. The number of amides is 2. The molecule has 1 heterocycles. The van der Waals surface area contributed by atoms with Gasteiger partial charge in [-0.2, -0.15) is 0 Å². The van der Waals surface area contributed by atoms with Gasteiger partial charge in [-0.05, 0) is 24.0 Å².